The van der Waals surface area contributed by atoms with Crippen molar-refractivity contribution < 1.29 is 14.3 Å². The highest BCUT2D eigenvalue weighted by Gasteiger charge is 2.14. The number of carbonyl (C=O) groups excluding carboxylic acids is 1. The van der Waals surface area contributed by atoms with Crippen LogP contribution in [0.4, 0.5) is 0 Å². The molecule has 8 nitrogen and oxygen atoms in total. The van der Waals surface area contributed by atoms with Gasteiger partial charge >= 0.3 is 5.97 Å². The van der Waals surface area contributed by atoms with E-state index in [4.69, 9.17) is 9.47 Å². The van der Waals surface area contributed by atoms with E-state index in [1.54, 1.807) is 35.3 Å². The minimum Gasteiger partial charge on any atom is -0.491 e. The lowest BCUT2D eigenvalue weighted by Crippen LogP contribution is -2.05. The summed E-state index contributed by atoms with van der Waals surface area (Å²) in [5, 5.41) is 8.25. The zero-order valence-electron chi connectivity index (χ0n) is 15.7. The Balaban J connectivity index is 1.73. The number of aromatic amines is 1. The van der Waals surface area contributed by atoms with Crippen molar-refractivity contribution in [1.82, 2.24) is 24.7 Å². The fourth-order valence-electron chi connectivity index (χ4n) is 2.89. The fraction of sp³-hybridized carbons (Fsp3) is 0.200. The number of methoxy groups -OCH3 is 1. The normalized spacial score (nSPS) is 11.1. The van der Waals surface area contributed by atoms with E-state index < -0.39 is 5.97 Å². The van der Waals surface area contributed by atoms with E-state index in [2.05, 4.69) is 20.2 Å². The molecule has 0 unspecified atom stereocenters. The summed E-state index contributed by atoms with van der Waals surface area (Å²) >= 11 is 0. The molecule has 0 aliphatic rings. The van der Waals surface area contributed by atoms with Gasteiger partial charge in [0.05, 0.1) is 24.3 Å². The molecular formula is C20H19N5O3. The average Bonchev–Trinajstić information content (AvgIpc) is 3.34. The Labute approximate surface area is 161 Å². The van der Waals surface area contributed by atoms with Crippen molar-refractivity contribution >= 4 is 16.9 Å². The van der Waals surface area contributed by atoms with E-state index in [0.29, 0.717) is 22.9 Å². The summed E-state index contributed by atoms with van der Waals surface area (Å²) < 4.78 is 12.3. The van der Waals surface area contributed by atoms with Crippen molar-refractivity contribution in [2.75, 3.05) is 7.11 Å². The molecule has 0 aliphatic heterocycles. The molecule has 8 heteroatoms. The Bertz CT molecular complexity index is 1150. The highest BCUT2D eigenvalue weighted by Crippen LogP contribution is 2.28. The van der Waals surface area contributed by atoms with Gasteiger partial charge in [0.1, 0.15) is 17.3 Å². The van der Waals surface area contributed by atoms with E-state index in [9.17, 15) is 4.79 Å². The summed E-state index contributed by atoms with van der Waals surface area (Å²) in [4.78, 5) is 20.6. The van der Waals surface area contributed by atoms with Crippen LogP contribution in [0.25, 0.3) is 28.2 Å². The molecule has 0 spiro atoms. The van der Waals surface area contributed by atoms with Crippen LogP contribution in [0.3, 0.4) is 0 Å². The second-order valence-electron chi connectivity index (χ2n) is 6.48. The lowest BCUT2D eigenvalue weighted by atomic mass is 10.2. The minimum atomic E-state index is -0.399. The fourth-order valence-corrected chi connectivity index (χ4v) is 2.89. The van der Waals surface area contributed by atoms with Crippen LogP contribution in [0.15, 0.2) is 48.9 Å². The number of nitrogens with zero attached hydrogens (tertiary/aromatic N) is 4. The van der Waals surface area contributed by atoms with Crippen LogP contribution in [0, 0.1) is 0 Å². The first-order chi connectivity index (χ1) is 13.5. The number of hydrogen-bond acceptors (Lipinski definition) is 6. The molecular weight excluding hydrogens is 358 g/mol. The summed E-state index contributed by atoms with van der Waals surface area (Å²) in [6.45, 7) is 3.96. The highest BCUT2D eigenvalue weighted by atomic mass is 16.5. The Morgan fingerprint density at radius 2 is 2.07 bits per heavy atom. The quantitative estimate of drug-likeness (QED) is 0.536. The van der Waals surface area contributed by atoms with Crippen molar-refractivity contribution in [3.63, 3.8) is 0 Å². The molecule has 1 aromatic carbocycles. The maximum absolute atomic E-state index is 11.7. The van der Waals surface area contributed by atoms with Crippen molar-refractivity contribution in [2.45, 2.75) is 20.0 Å². The van der Waals surface area contributed by atoms with Crippen LogP contribution in [0.5, 0.6) is 5.75 Å². The largest absolute Gasteiger partial charge is 0.491 e. The standard InChI is InChI=1S/C20H19N5O3/c1-12(2)28-14-4-5-16-15(10-14)18(24-23-16)19-21-8-6-17(22-19)25-9-7-13(11-25)20(26)27-3/h4-12H,1-3H3,(H,23,24). The predicted octanol–water partition coefficient (Wildman–Crippen LogP) is 3.38. The molecule has 142 valence electrons. The van der Waals surface area contributed by atoms with Gasteiger partial charge in [-0.15, -0.1) is 0 Å². The molecule has 3 aromatic heterocycles. The zero-order chi connectivity index (χ0) is 19.7. The molecule has 0 fully saturated rings. The number of benzene rings is 1. The van der Waals surface area contributed by atoms with Crippen molar-refractivity contribution in [3.8, 4) is 23.1 Å². The molecule has 0 amide bonds. The molecule has 0 bridgehead atoms. The maximum atomic E-state index is 11.7. The Morgan fingerprint density at radius 3 is 2.86 bits per heavy atom. The van der Waals surface area contributed by atoms with E-state index in [1.807, 2.05) is 32.0 Å². The van der Waals surface area contributed by atoms with E-state index in [1.165, 1.54) is 7.11 Å². The second kappa shape index (κ2) is 7.15. The number of carbonyl (C=O) groups is 1. The lowest BCUT2D eigenvalue weighted by Gasteiger charge is -2.09. The van der Waals surface area contributed by atoms with Gasteiger partial charge in [-0.1, -0.05) is 0 Å². The van der Waals surface area contributed by atoms with Gasteiger partial charge in [0, 0.05) is 24.0 Å². The topological polar surface area (TPSA) is 94.9 Å². The maximum Gasteiger partial charge on any atom is 0.339 e. The van der Waals surface area contributed by atoms with Gasteiger partial charge in [-0.05, 0) is 44.2 Å². The first-order valence-corrected chi connectivity index (χ1v) is 8.80. The predicted molar refractivity (Wildman–Crippen MR) is 104 cm³/mol. The van der Waals surface area contributed by atoms with E-state index >= 15 is 0 Å². The monoisotopic (exact) mass is 377 g/mol. The summed E-state index contributed by atoms with van der Waals surface area (Å²) in [5.74, 6) is 1.45. The highest BCUT2D eigenvalue weighted by molar-refractivity contribution is 5.92. The number of hydrogen-bond donors (Lipinski definition) is 1. The smallest absolute Gasteiger partial charge is 0.339 e. The number of ether oxygens (including phenoxy) is 2. The molecule has 28 heavy (non-hydrogen) atoms. The summed E-state index contributed by atoms with van der Waals surface area (Å²) in [7, 11) is 1.35. The molecule has 1 N–H and O–H groups in total. The summed E-state index contributed by atoms with van der Waals surface area (Å²) in [6, 6.07) is 9.17. The van der Waals surface area contributed by atoms with Crippen LogP contribution in [0.1, 0.15) is 24.2 Å². The van der Waals surface area contributed by atoms with Crippen LogP contribution >= 0.6 is 0 Å². The first kappa shape index (κ1) is 17.7. The van der Waals surface area contributed by atoms with Crippen LogP contribution < -0.4 is 4.74 Å². The van der Waals surface area contributed by atoms with Gasteiger partial charge in [-0.25, -0.2) is 14.8 Å². The molecule has 0 aliphatic carbocycles. The third kappa shape index (κ3) is 3.32. The van der Waals surface area contributed by atoms with Gasteiger partial charge in [0.2, 0.25) is 0 Å². The van der Waals surface area contributed by atoms with Crippen molar-refractivity contribution in [3.05, 3.63) is 54.5 Å². The number of aromatic nitrogens is 5. The van der Waals surface area contributed by atoms with Gasteiger partial charge in [-0.2, -0.15) is 5.10 Å². The first-order valence-electron chi connectivity index (χ1n) is 8.80. The Kier molecular flexibility index (Phi) is 4.52. The molecule has 0 radical (unpaired) electrons. The van der Waals surface area contributed by atoms with Gasteiger partial charge < -0.3 is 14.0 Å². The van der Waals surface area contributed by atoms with E-state index in [-0.39, 0.29) is 6.10 Å². The summed E-state index contributed by atoms with van der Waals surface area (Å²) in [6.07, 6.45) is 5.14. The average molecular weight is 377 g/mol. The molecule has 3 heterocycles. The molecule has 4 rings (SSSR count). The van der Waals surface area contributed by atoms with E-state index in [0.717, 1.165) is 16.7 Å². The number of esters is 1. The van der Waals surface area contributed by atoms with Crippen LogP contribution in [-0.2, 0) is 4.74 Å². The van der Waals surface area contributed by atoms with Crippen molar-refractivity contribution in [1.29, 1.82) is 0 Å². The van der Waals surface area contributed by atoms with Crippen LogP contribution in [-0.4, -0.2) is 43.9 Å². The second-order valence-corrected chi connectivity index (χ2v) is 6.48. The third-order valence-corrected chi connectivity index (χ3v) is 4.14. The third-order valence-electron chi connectivity index (χ3n) is 4.14. The van der Waals surface area contributed by atoms with Gasteiger partial charge in [0.15, 0.2) is 5.82 Å². The SMILES string of the molecule is COC(=O)c1ccn(-c2ccnc(-c3n[nH]c4ccc(OC(C)C)cc34)n2)c1. The van der Waals surface area contributed by atoms with Crippen LogP contribution in [0.2, 0.25) is 0 Å². The lowest BCUT2D eigenvalue weighted by molar-refractivity contribution is 0.0601. The molecule has 0 saturated carbocycles. The molecule has 4 aromatic rings. The Hall–Kier alpha value is -3.68. The number of fused-ring (bicyclic) bond motifs is 1. The zero-order valence-corrected chi connectivity index (χ0v) is 15.7. The number of nitrogens with one attached hydrogen (secondary N) is 1. The van der Waals surface area contributed by atoms with Gasteiger partial charge in [0.25, 0.3) is 0 Å². The number of H-pyrrole nitrogens is 1. The molecule has 0 atom stereocenters. The number of rotatable bonds is 5. The minimum absolute atomic E-state index is 0.0742. The Morgan fingerprint density at radius 1 is 1.21 bits per heavy atom. The van der Waals surface area contributed by atoms with Gasteiger partial charge in [-0.3, -0.25) is 5.10 Å². The molecule has 0 saturated heterocycles. The summed E-state index contributed by atoms with van der Waals surface area (Å²) in [5.41, 5.74) is 1.95. The van der Waals surface area contributed by atoms with Crippen molar-refractivity contribution in [2.24, 2.45) is 0 Å².